The van der Waals surface area contributed by atoms with E-state index >= 15 is 0 Å². The van der Waals surface area contributed by atoms with Crippen molar-refractivity contribution in [2.24, 2.45) is 7.05 Å². The quantitative estimate of drug-likeness (QED) is 0.705. The van der Waals surface area contributed by atoms with Gasteiger partial charge in [0.15, 0.2) is 0 Å². The molecular formula is C10H10N2OS. The van der Waals surface area contributed by atoms with Crippen LogP contribution in [0.2, 0.25) is 0 Å². The number of hydrogen-bond donors (Lipinski definition) is 0. The molecule has 2 aromatic heterocycles. The minimum atomic E-state index is 0.0451. The van der Waals surface area contributed by atoms with E-state index in [1.54, 1.807) is 17.9 Å². The van der Waals surface area contributed by atoms with Crippen LogP contribution < -0.4 is 0 Å². The Hall–Kier alpha value is -1.42. The molecular weight excluding hydrogens is 196 g/mol. The van der Waals surface area contributed by atoms with Crippen LogP contribution in [0.4, 0.5) is 0 Å². The summed E-state index contributed by atoms with van der Waals surface area (Å²) in [5, 5.41) is 7.80. The molecule has 2 aromatic rings. The molecule has 0 bridgehead atoms. The molecule has 0 unspecified atom stereocenters. The standard InChI is InChI=1S/C10H10N2OS/c1-7-5-11-12(2)9(7)10(13)8-3-4-14-6-8/h3-6H,1-2H3. The van der Waals surface area contributed by atoms with E-state index < -0.39 is 0 Å². The molecule has 0 amide bonds. The number of carbonyl (C=O) groups excluding carboxylic acids is 1. The van der Waals surface area contributed by atoms with E-state index in [0.717, 1.165) is 11.1 Å². The average molecular weight is 206 g/mol. The maximum Gasteiger partial charge on any atom is 0.212 e. The van der Waals surface area contributed by atoms with E-state index in [-0.39, 0.29) is 5.78 Å². The lowest BCUT2D eigenvalue weighted by atomic mass is 10.1. The molecule has 3 nitrogen and oxygen atoms in total. The van der Waals surface area contributed by atoms with E-state index in [1.807, 2.05) is 23.8 Å². The predicted octanol–water partition coefficient (Wildman–Crippen LogP) is 2.02. The molecule has 0 atom stereocenters. The fraction of sp³-hybridized carbons (Fsp3) is 0.200. The van der Waals surface area contributed by atoms with Crippen LogP contribution in [0.25, 0.3) is 0 Å². The normalized spacial score (nSPS) is 10.4. The van der Waals surface area contributed by atoms with Crippen LogP contribution in [0.3, 0.4) is 0 Å². The third-order valence-corrected chi connectivity index (χ3v) is 2.80. The van der Waals surface area contributed by atoms with Gasteiger partial charge in [0.05, 0.1) is 6.20 Å². The van der Waals surface area contributed by atoms with Crippen LogP contribution in [0.1, 0.15) is 21.6 Å². The first-order chi connectivity index (χ1) is 6.70. The summed E-state index contributed by atoms with van der Waals surface area (Å²) in [6.45, 7) is 1.90. The van der Waals surface area contributed by atoms with Crippen LogP contribution in [-0.4, -0.2) is 15.6 Å². The molecule has 0 aliphatic heterocycles. The molecule has 0 aliphatic rings. The second kappa shape index (κ2) is 3.38. The Bertz CT molecular complexity index is 437. The van der Waals surface area contributed by atoms with Gasteiger partial charge in [0, 0.05) is 18.0 Å². The number of thiophene rings is 1. The number of aryl methyl sites for hydroxylation is 2. The molecule has 0 saturated carbocycles. The van der Waals surface area contributed by atoms with Crippen LogP contribution in [0, 0.1) is 6.92 Å². The Kier molecular flexibility index (Phi) is 2.21. The first-order valence-electron chi connectivity index (χ1n) is 4.25. The molecule has 0 saturated heterocycles. The second-order valence-corrected chi connectivity index (χ2v) is 3.92. The average Bonchev–Trinajstić information content (AvgIpc) is 2.75. The van der Waals surface area contributed by atoms with Gasteiger partial charge >= 0.3 is 0 Å². The van der Waals surface area contributed by atoms with Crippen LogP contribution in [0.15, 0.2) is 23.0 Å². The Morgan fingerprint density at radius 2 is 2.36 bits per heavy atom. The zero-order valence-electron chi connectivity index (χ0n) is 8.02. The zero-order chi connectivity index (χ0) is 10.1. The van der Waals surface area contributed by atoms with Crippen molar-refractivity contribution in [3.8, 4) is 0 Å². The van der Waals surface area contributed by atoms with Gasteiger partial charge in [-0.05, 0) is 23.9 Å². The smallest absolute Gasteiger partial charge is 0.212 e. The molecule has 72 valence electrons. The molecule has 0 radical (unpaired) electrons. The predicted molar refractivity (Wildman–Crippen MR) is 55.7 cm³/mol. The van der Waals surface area contributed by atoms with Gasteiger partial charge in [0.2, 0.25) is 5.78 Å². The van der Waals surface area contributed by atoms with Crippen molar-refractivity contribution in [3.05, 3.63) is 39.8 Å². The Morgan fingerprint density at radius 1 is 1.57 bits per heavy atom. The summed E-state index contributed by atoms with van der Waals surface area (Å²) < 4.78 is 1.62. The molecule has 0 spiro atoms. The van der Waals surface area contributed by atoms with Crippen LogP contribution in [0.5, 0.6) is 0 Å². The molecule has 0 fully saturated rings. The number of nitrogens with zero attached hydrogens (tertiary/aromatic N) is 2. The lowest BCUT2D eigenvalue weighted by Gasteiger charge is -2.00. The largest absolute Gasteiger partial charge is 0.287 e. The maximum absolute atomic E-state index is 12.0. The Morgan fingerprint density at radius 3 is 2.86 bits per heavy atom. The summed E-state index contributed by atoms with van der Waals surface area (Å²) in [4.78, 5) is 12.0. The topological polar surface area (TPSA) is 34.9 Å². The lowest BCUT2D eigenvalue weighted by molar-refractivity contribution is 0.103. The van der Waals surface area contributed by atoms with Gasteiger partial charge in [-0.25, -0.2) is 0 Å². The summed E-state index contributed by atoms with van der Waals surface area (Å²) in [7, 11) is 1.78. The first kappa shape index (κ1) is 9.15. The van der Waals surface area contributed by atoms with Crippen molar-refractivity contribution in [2.75, 3.05) is 0 Å². The van der Waals surface area contributed by atoms with Crippen molar-refractivity contribution >= 4 is 17.1 Å². The summed E-state index contributed by atoms with van der Waals surface area (Å²) in [6, 6.07) is 1.83. The molecule has 2 heterocycles. The molecule has 0 aliphatic carbocycles. The highest BCUT2D eigenvalue weighted by Crippen LogP contribution is 2.15. The number of rotatable bonds is 2. The fourth-order valence-corrected chi connectivity index (χ4v) is 2.04. The zero-order valence-corrected chi connectivity index (χ0v) is 8.84. The Balaban J connectivity index is 2.46. The van der Waals surface area contributed by atoms with E-state index in [2.05, 4.69) is 5.10 Å². The summed E-state index contributed by atoms with van der Waals surface area (Å²) in [6.07, 6.45) is 1.71. The van der Waals surface area contributed by atoms with E-state index in [1.165, 1.54) is 11.3 Å². The van der Waals surface area contributed by atoms with Gasteiger partial charge in [-0.2, -0.15) is 16.4 Å². The van der Waals surface area contributed by atoms with Crippen molar-refractivity contribution in [2.45, 2.75) is 6.92 Å². The van der Waals surface area contributed by atoms with Gasteiger partial charge in [0.25, 0.3) is 0 Å². The Labute approximate surface area is 86.0 Å². The number of carbonyl (C=O) groups is 1. The molecule has 14 heavy (non-hydrogen) atoms. The minimum Gasteiger partial charge on any atom is -0.287 e. The van der Waals surface area contributed by atoms with E-state index in [9.17, 15) is 4.79 Å². The monoisotopic (exact) mass is 206 g/mol. The van der Waals surface area contributed by atoms with Crippen LogP contribution >= 0.6 is 11.3 Å². The van der Waals surface area contributed by atoms with Gasteiger partial charge in [0.1, 0.15) is 5.69 Å². The van der Waals surface area contributed by atoms with Crippen molar-refractivity contribution in [1.29, 1.82) is 0 Å². The summed E-state index contributed by atoms with van der Waals surface area (Å²) in [5.74, 6) is 0.0451. The van der Waals surface area contributed by atoms with Crippen molar-refractivity contribution in [3.63, 3.8) is 0 Å². The lowest BCUT2D eigenvalue weighted by Crippen LogP contribution is -2.08. The SMILES string of the molecule is Cc1cnn(C)c1C(=O)c1ccsc1. The van der Waals surface area contributed by atoms with Crippen molar-refractivity contribution in [1.82, 2.24) is 9.78 Å². The fourth-order valence-electron chi connectivity index (χ4n) is 1.40. The molecule has 0 aromatic carbocycles. The minimum absolute atomic E-state index is 0.0451. The van der Waals surface area contributed by atoms with Gasteiger partial charge in [-0.3, -0.25) is 9.48 Å². The third kappa shape index (κ3) is 1.37. The highest BCUT2D eigenvalue weighted by Gasteiger charge is 2.15. The van der Waals surface area contributed by atoms with Gasteiger partial charge < -0.3 is 0 Å². The number of ketones is 1. The van der Waals surface area contributed by atoms with Gasteiger partial charge in [-0.15, -0.1) is 0 Å². The van der Waals surface area contributed by atoms with Crippen LogP contribution in [-0.2, 0) is 7.05 Å². The first-order valence-corrected chi connectivity index (χ1v) is 5.20. The number of aromatic nitrogens is 2. The van der Waals surface area contributed by atoms with Gasteiger partial charge in [-0.1, -0.05) is 0 Å². The highest BCUT2D eigenvalue weighted by atomic mass is 32.1. The number of hydrogen-bond acceptors (Lipinski definition) is 3. The maximum atomic E-state index is 12.0. The van der Waals surface area contributed by atoms with Crippen molar-refractivity contribution < 1.29 is 4.79 Å². The highest BCUT2D eigenvalue weighted by molar-refractivity contribution is 7.08. The second-order valence-electron chi connectivity index (χ2n) is 3.14. The molecule has 4 heteroatoms. The molecule has 2 rings (SSSR count). The third-order valence-electron chi connectivity index (χ3n) is 2.12. The summed E-state index contributed by atoms with van der Waals surface area (Å²) in [5.41, 5.74) is 2.33. The molecule has 0 N–H and O–H groups in total. The van der Waals surface area contributed by atoms with E-state index in [0.29, 0.717) is 5.69 Å². The summed E-state index contributed by atoms with van der Waals surface area (Å²) >= 11 is 1.53. The van der Waals surface area contributed by atoms with E-state index in [4.69, 9.17) is 0 Å².